The van der Waals surface area contributed by atoms with Crippen molar-refractivity contribution in [1.82, 2.24) is 25.5 Å². The minimum Gasteiger partial charge on any atom is -0.355 e. The molecule has 0 saturated carbocycles. The highest BCUT2D eigenvalue weighted by Crippen LogP contribution is 2.23. The van der Waals surface area contributed by atoms with Crippen LogP contribution in [0.25, 0.3) is 5.69 Å². The molecule has 2 atom stereocenters. The summed E-state index contributed by atoms with van der Waals surface area (Å²) in [5.41, 5.74) is 2.11. The van der Waals surface area contributed by atoms with Gasteiger partial charge in [0, 0.05) is 12.5 Å². The first-order valence-corrected chi connectivity index (χ1v) is 9.90. The lowest BCUT2D eigenvalue weighted by Gasteiger charge is -2.18. The largest absolute Gasteiger partial charge is 0.355 e. The molecule has 3 rings (SSSR count). The zero-order chi connectivity index (χ0) is 19.1. The molecule has 1 aromatic heterocycles. The molecule has 7 heteroatoms. The summed E-state index contributed by atoms with van der Waals surface area (Å²) in [7, 11) is 0. The molecular formula is C20H23N5OS. The van der Waals surface area contributed by atoms with Crippen LogP contribution < -0.4 is 5.32 Å². The molecular weight excluding hydrogens is 358 g/mol. The van der Waals surface area contributed by atoms with E-state index < -0.39 is 0 Å². The van der Waals surface area contributed by atoms with Gasteiger partial charge in [-0.15, -0.1) is 5.10 Å². The molecule has 27 heavy (non-hydrogen) atoms. The van der Waals surface area contributed by atoms with Crippen LogP contribution in [0.4, 0.5) is 0 Å². The topological polar surface area (TPSA) is 72.7 Å². The molecule has 0 aliphatic rings. The van der Waals surface area contributed by atoms with Crippen molar-refractivity contribution in [3.63, 3.8) is 0 Å². The molecule has 2 aromatic carbocycles. The Hall–Kier alpha value is -2.67. The fourth-order valence-electron chi connectivity index (χ4n) is 2.79. The third-order valence-electron chi connectivity index (χ3n) is 4.38. The quantitative estimate of drug-likeness (QED) is 0.605. The Labute approximate surface area is 163 Å². The van der Waals surface area contributed by atoms with Gasteiger partial charge < -0.3 is 5.32 Å². The van der Waals surface area contributed by atoms with Crippen LogP contribution in [0.5, 0.6) is 0 Å². The van der Waals surface area contributed by atoms with E-state index in [1.807, 2.05) is 55.5 Å². The molecule has 0 saturated heterocycles. The van der Waals surface area contributed by atoms with Gasteiger partial charge >= 0.3 is 0 Å². The number of para-hydroxylation sites is 1. The van der Waals surface area contributed by atoms with Crippen molar-refractivity contribution in [1.29, 1.82) is 0 Å². The van der Waals surface area contributed by atoms with E-state index in [1.165, 1.54) is 17.3 Å². The molecule has 0 bridgehead atoms. The number of aromatic nitrogens is 4. The SMILES string of the molecule is CC[C@@H](CNC(=O)[C@@H](C)Sc1nnnn1-c1ccccc1)c1ccccc1. The van der Waals surface area contributed by atoms with Gasteiger partial charge in [-0.3, -0.25) is 4.79 Å². The summed E-state index contributed by atoms with van der Waals surface area (Å²) in [6.45, 7) is 4.62. The highest BCUT2D eigenvalue weighted by molar-refractivity contribution is 8.00. The maximum absolute atomic E-state index is 12.6. The van der Waals surface area contributed by atoms with Crippen molar-refractivity contribution in [3.8, 4) is 5.69 Å². The van der Waals surface area contributed by atoms with Crippen molar-refractivity contribution in [2.45, 2.75) is 36.6 Å². The average Bonchev–Trinajstić information content (AvgIpc) is 3.18. The van der Waals surface area contributed by atoms with Gasteiger partial charge in [-0.2, -0.15) is 4.68 Å². The number of tetrazole rings is 1. The lowest BCUT2D eigenvalue weighted by Crippen LogP contribution is -2.34. The molecule has 0 fully saturated rings. The average molecular weight is 382 g/mol. The Bertz CT molecular complexity index is 853. The Balaban J connectivity index is 1.59. The number of amides is 1. The van der Waals surface area contributed by atoms with Gasteiger partial charge in [0.1, 0.15) is 0 Å². The predicted molar refractivity (Wildman–Crippen MR) is 107 cm³/mol. The van der Waals surface area contributed by atoms with Gasteiger partial charge in [-0.1, -0.05) is 67.2 Å². The van der Waals surface area contributed by atoms with Crippen molar-refractivity contribution >= 4 is 17.7 Å². The number of rotatable bonds is 8. The van der Waals surface area contributed by atoms with Crippen LogP contribution in [-0.2, 0) is 4.79 Å². The van der Waals surface area contributed by atoms with Gasteiger partial charge in [0.15, 0.2) is 0 Å². The third kappa shape index (κ3) is 4.95. The Kier molecular flexibility index (Phi) is 6.59. The van der Waals surface area contributed by atoms with E-state index in [4.69, 9.17) is 0 Å². The standard InChI is InChI=1S/C20H23N5OS/c1-3-16(17-10-6-4-7-11-17)14-21-19(26)15(2)27-20-22-23-24-25(20)18-12-8-5-9-13-18/h4-13,15-16H,3,14H2,1-2H3,(H,21,26)/t15-,16+/m1/s1. The molecule has 0 spiro atoms. The van der Waals surface area contributed by atoms with Crippen LogP contribution in [-0.4, -0.2) is 37.9 Å². The summed E-state index contributed by atoms with van der Waals surface area (Å²) in [6.07, 6.45) is 0.970. The maximum atomic E-state index is 12.6. The van der Waals surface area contributed by atoms with E-state index in [-0.39, 0.29) is 11.2 Å². The molecule has 3 aromatic rings. The Morgan fingerprint density at radius 1 is 1.11 bits per heavy atom. The van der Waals surface area contributed by atoms with E-state index in [1.54, 1.807) is 4.68 Å². The number of carbonyl (C=O) groups is 1. The molecule has 1 heterocycles. The number of nitrogens with one attached hydrogen (secondary N) is 1. The second-order valence-corrected chi connectivity index (χ2v) is 7.54. The number of nitrogens with zero attached hydrogens (tertiary/aromatic N) is 4. The van der Waals surface area contributed by atoms with Crippen LogP contribution in [0.2, 0.25) is 0 Å². The van der Waals surface area contributed by atoms with Crippen molar-refractivity contribution < 1.29 is 4.79 Å². The number of carbonyl (C=O) groups excluding carboxylic acids is 1. The first kappa shape index (κ1) is 19.1. The van der Waals surface area contributed by atoms with Crippen LogP contribution >= 0.6 is 11.8 Å². The lowest BCUT2D eigenvalue weighted by molar-refractivity contribution is -0.120. The minimum absolute atomic E-state index is 0.0167. The highest BCUT2D eigenvalue weighted by atomic mass is 32.2. The van der Waals surface area contributed by atoms with Crippen LogP contribution in [0.3, 0.4) is 0 Å². The highest BCUT2D eigenvalue weighted by Gasteiger charge is 2.20. The van der Waals surface area contributed by atoms with Crippen molar-refractivity contribution in [2.75, 3.05) is 6.54 Å². The van der Waals surface area contributed by atoms with E-state index in [9.17, 15) is 4.79 Å². The number of hydrogen-bond donors (Lipinski definition) is 1. The Morgan fingerprint density at radius 3 is 2.44 bits per heavy atom. The first-order valence-electron chi connectivity index (χ1n) is 9.02. The monoisotopic (exact) mass is 381 g/mol. The molecule has 0 aliphatic heterocycles. The summed E-state index contributed by atoms with van der Waals surface area (Å²) in [5.74, 6) is 0.291. The smallest absolute Gasteiger partial charge is 0.233 e. The maximum Gasteiger partial charge on any atom is 0.233 e. The summed E-state index contributed by atoms with van der Waals surface area (Å²) >= 11 is 1.35. The molecule has 0 radical (unpaired) electrons. The van der Waals surface area contributed by atoms with E-state index in [0.717, 1.165) is 12.1 Å². The molecule has 1 N–H and O–H groups in total. The van der Waals surface area contributed by atoms with Gasteiger partial charge in [0.05, 0.1) is 10.9 Å². The first-order chi connectivity index (χ1) is 13.2. The number of benzene rings is 2. The molecule has 140 valence electrons. The summed E-state index contributed by atoms with van der Waals surface area (Å²) in [5, 5.41) is 15.2. The van der Waals surface area contributed by atoms with Crippen molar-refractivity contribution in [3.05, 3.63) is 66.2 Å². The van der Waals surface area contributed by atoms with Crippen LogP contribution in [0, 0.1) is 0 Å². The molecule has 0 unspecified atom stereocenters. The third-order valence-corrected chi connectivity index (χ3v) is 5.41. The number of thioether (sulfide) groups is 1. The Morgan fingerprint density at radius 2 is 1.78 bits per heavy atom. The van der Waals surface area contributed by atoms with Gasteiger partial charge in [-0.05, 0) is 41.5 Å². The van der Waals surface area contributed by atoms with Crippen LogP contribution in [0.15, 0.2) is 65.8 Å². The fourth-order valence-corrected chi connectivity index (χ4v) is 3.62. The van der Waals surface area contributed by atoms with Gasteiger partial charge in [0.2, 0.25) is 11.1 Å². The zero-order valence-electron chi connectivity index (χ0n) is 15.4. The minimum atomic E-state index is -0.299. The van der Waals surface area contributed by atoms with Gasteiger partial charge in [0.25, 0.3) is 0 Å². The second kappa shape index (κ2) is 9.32. The van der Waals surface area contributed by atoms with Gasteiger partial charge in [-0.25, -0.2) is 0 Å². The summed E-state index contributed by atoms with van der Waals surface area (Å²) in [4.78, 5) is 12.6. The van der Waals surface area contributed by atoms with Crippen LogP contribution in [0.1, 0.15) is 31.7 Å². The van der Waals surface area contributed by atoms with E-state index in [2.05, 4.69) is 39.9 Å². The normalized spacial score (nSPS) is 13.1. The van der Waals surface area contributed by atoms with Crippen molar-refractivity contribution in [2.24, 2.45) is 0 Å². The molecule has 6 nitrogen and oxygen atoms in total. The summed E-state index contributed by atoms with van der Waals surface area (Å²) < 4.78 is 1.65. The summed E-state index contributed by atoms with van der Waals surface area (Å²) in [6, 6.07) is 19.9. The number of hydrogen-bond acceptors (Lipinski definition) is 5. The van der Waals surface area contributed by atoms with E-state index in [0.29, 0.717) is 17.6 Å². The fraction of sp³-hybridized carbons (Fsp3) is 0.300. The van der Waals surface area contributed by atoms with E-state index >= 15 is 0 Å². The molecule has 0 aliphatic carbocycles. The second-order valence-electron chi connectivity index (χ2n) is 6.23. The molecule has 1 amide bonds. The predicted octanol–water partition coefficient (Wildman–Crippen LogP) is 3.45. The lowest BCUT2D eigenvalue weighted by atomic mass is 9.96. The zero-order valence-corrected chi connectivity index (χ0v) is 16.3.